The second kappa shape index (κ2) is 6.46. The molecular formula is C17H24N2O4S. The lowest BCUT2D eigenvalue weighted by atomic mass is 9.93. The molecule has 2 heterocycles. The Hall–Kier alpha value is -1.44. The molecular weight excluding hydrogens is 328 g/mol. The number of amides is 1. The molecule has 1 N–H and O–H groups in total. The van der Waals surface area contributed by atoms with Gasteiger partial charge in [-0.05, 0) is 37.1 Å². The monoisotopic (exact) mass is 352 g/mol. The number of sulfonamides is 1. The summed E-state index contributed by atoms with van der Waals surface area (Å²) in [5, 5.41) is 0. The zero-order valence-corrected chi connectivity index (χ0v) is 15.1. The van der Waals surface area contributed by atoms with Crippen LogP contribution in [0.15, 0.2) is 18.2 Å². The van der Waals surface area contributed by atoms with Crippen LogP contribution in [-0.4, -0.2) is 57.8 Å². The van der Waals surface area contributed by atoms with Gasteiger partial charge in [-0.15, -0.1) is 0 Å². The van der Waals surface area contributed by atoms with E-state index >= 15 is 0 Å². The maximum Gasteiger partial charge on any atom is 0.253 e. The topological polar surface area (TPSA) is 75.7 Å². The Morgan fingerprint density at radius 2 is 2.04 bits per heavy atom. The van der Waals surface area contributed by atoms with E-state index in [1.54, 1.807) is 0 Å². The third kappa shape index (κ3) is 3.63. The number of hydrogen-bond donors (Lipinski definition) is 1. The lowest BCUT2D eigenvalue weighted by Crippen LogP contribution is -2.35. The Bertz CT molecular complexity index is 747. The number of nitrogens with one attached hydrogen (secondary N) is 1. The van der Waals surface area contributed by atoms with Gasteiger partial charge >= 0.3 is 0 Å². The molecule has 7 heteroatoms. The molecule has 0 saturated carbocycles. The van der Waals surface area contributed by atoms with E-state index in [2.05, 4.69) is 4.72 Å². The van der Waals surface area contributed by atoms with Gasteiger partial charge in [0.15, 0.2) is 0 Å². The molecule has 0 unspecified atom stereocenters. The predicted molar refractivity (Wildman–Crippen MR) is 91.4 cm³/mol. The van der Waals surface area contributed by atoms with E-state index in [0.717, 1.165) is 11.8 Å². The normalized spacial score (nSPS) is 26.6. The van der Waals surface area contributed by atoms with Crippen LogP contribution in [-0.2, 0) is 14.8 Å². The van der Waals surface area contributed by atoms with Crippen molar-refractivity contribution in [2.75, 3.05) is 32.5 Å². The zero-order chi connectivity index (χ0) is 17.5. The summed E-state index contributed by atoms with van der Waals surface area (Å²) in [7, 11) is -3.21. The number of nitrogens with zero attached hydrogens (tertiary/aromatic N) is 1. The molecule has 1 aromatic rings. The molecule has 0 radical (unpaired) electrons. The first-order valence-electron chi connectivity index (χ1n) is 8.17. The summed E-state index contributed by atoms with van der Waals surface area (Å²) in [5.74, 6) is 0.322. The van der Waals surface area contributed by atoms with Crippen LogP contribution >= 0.6 is 0 Å². The van der Waals surface area contributed by atoms with E-state index in [4.69, 9.17) is 4.74 Å². The van der Waals surface area contributed by atoms with E-state index in [1.165, 1.54) is 5.56 Å². The van der Waals surface area contributed by atoms with Gasteiger partial charge in [-0.1, -0.05) is 6.07 Å². The fourth-order valence-electron chi connectivity index (χ4n) is 3.49. The number of fused-ring (bicyclic) bond motifs is 1. The fraction of sp³-hybridized carbons (Fsp3) is 0.588. The highest BCUT2D eigenvalue weighted by molar-refractivity contribution is 7.88. The Morgan fingerprint density at radius 3 is 2.71 bits per heavy atom. The molecule has 1 aromatic carbocycles. The Labute approximate surface area is 143 Å². The highest BCUT2D eigenvalue weighted by Gasteiger charge is 2.45. The van der Waals surface area contributed by atoms with E-state index in [9.17, 15) is 13.2 Å². The fourth-order valence-corrected chi connectivity index (χ4v) is 4.01. The van der Waals surface area contributed by atoms with Gasteiger partial charge in [0.2, 0.25) is 10.0 Å². The van der Waals surface area contributed by atoms with E-state index in [0.29, 0.717) is 31.8 Å². The minimum atomic E-state index is -3.21. The van der Waals surface area contributed by atoms with Crippen LogP contribution in [0.5, 0.6) is 0 Å². The van der Waals surface area contributed by atoms with Gasteiger partial charge in [-0.3, -0.25) is 4.79 Å². The van der Waals surface area contributed by atoms with Crippen LogP contribution in [0.1, 0.15) is 21.5 Å². The largest absolute Gasteiger partial charge is 0.376 e. The molecule has 2 aliphatic heterocycles. The van der Waals surface area contributed by atoms with Gasteiger partial charge in [0.1, 0.15) is 0 Å². The van der Waals surface area contributed by atoms with E-state index in [-0.39, 0.29) is 23.8 Å². The van der Waals surface area contributed by atoms with Crippen molar-refractivity contribution in [2.24, 2.45) is 11.8 Å². The Kier molecular flexibility index (Phi) is 4.68. The van der Waals surface area contributed by atoms with Gasteiger partial charge in [-0.25, -0.2) is 13.1 Å². The first-order valence-corrected chi connectivity index (χ1v) is 10.1. The SMILES string of the molecule is Cc1ccc(C(=O)N2C[C@@H]3[C@H](CNS(C)(=O)=O)CO[C@@H]3C2)cc1C. The number of carbonyl (C=O) groups is 1. The van der Waals surface area contributed by atoms with Crippen molar-refractivity contribution in [3.05, 3.63) is 34.9 Å². The minimum absolute atomic E-state index is 0.00635. The van der Waals surface area contributed by atoms with Crippen LogP contribution in [0.25, 0.3) is 0 Å². The molecule has 6 nitrogen and oxygen atoms in total. The van der Waals surface area contributed by atoms with Crippen LogP contribution in [0.4, 0.5) is 0 Å². The lowest BCUT2D eigenvalue weighted by molar-refractivity contribution is 0.0678. The Morgan fingerprint density at radius 1 is 1.29 bits per heavy atom. The maximum absolute atomic E-state index is 12.7. The summed E-state index contributed by atoms with van der Waals surface area (Å²) in [6.45, 7) is 6.13. The second-order valence-electron chi connectivity index (χ2n) is 6.93. The van der Waals surface area contributed by atoms with Crippen LogP contribution < -0.4 is 4.72 Å². The highest BCUT2D eigenvalue weighted by Crippen LogP contribution is 2.34. The summed E-state index contributed by atoms with van der Waals surface area (Å²) in [4.78, 5) is 14.5. The molecule has 24 heavy (non-hydrogen) atoms. The average molecular weight is 352 g/mol. The molecule has 2 fully saturated rings. The minimum Gasteiger partial charge on any atom is -0.376 e. The summed E-state index contributed by atoms with van der Waals surface area (Å²) in [6.07, 6.45) is 1.16. The van der Waals surface area contributed by atoms with Crippen molar-refractivity contribution < 1.29 is 17.9 Å². The van der Waals surface area contributed by atoms with Gasteiger partial charge < -0.3 is 9.64 Å². The summed E-state index contributed by atoms with van der Waals surface area (Å²) in [5.41, 5.74) is 2.97. The van der Waals surface area contributed by atoms with Gasteiger partial charge in [-0.2, -0.15) is 0 Å². The number of benzene rings is 1. The summed E-state index contributed by atoms with van der Waals surface area (Å²) in [6, 6.07) is 5.76. The molecule has 2 aliphatic rings. The molecule has 3 atom stereocenters. The molecule has 0 bridgehead atoms. The molecule has 0 aliphatic carbocycles. The van der Waals surface area contributed by atoms with Gasteiger partial charge in [0.25, 0.3) is 5.91 Å². The third-order valence-electron chi connectivity index (χ3n) is 5.09. The highest BCUT2D eigenvalue weighted by atomic mass is 32.2. The smallest absolute Gasteiger partial charge is 0.253 e. The Balaban J connectivity index is 1.66. The number of ether oxygens (including phenoxy) is 1. The number of hydrogen-bond acceptors (Lipinski definition) is 4. The quantitative estimate of drug-likeness (QED) is 0.875. The van der Waals surface area contributed by atoms with Crippen LogP contribution in [0, 0.1) is 25.7 Å². The number of aryl methyl sites for hydroxylation is 2. The predicted octanol–water partition coefficient (Wildman–Crippen LogP) is 0.940. The molecule has 0 spiro atoms. The lowest BCUT2D eigenvalue weighted by Gasteiger charge is -2.20. The number of rotatable bonds is 4. The first kappa shape index (κ1) is 17.4. The maximum atomic E-state index is 12.7. The van der Waals surface area contributed by atoms with Crippen LogP contribution in [0.3, 0.4) is 0 Å². The van der Waals surface area contributed by atoms with Crippen molar-refractivity contribution >= 4 is 15.9 Å². The molecule has 132 valence electrons. The average Bonchev–Trinajstić information content (AvgIpc) is 3.07. The molecule has 3 rings (SSSR count). The van der Waals surface area contributed by atoms with Crippen LogP contribution in [0.2, 0.25) is 0 Å². The number of likely N-dealkylation sites (tertiary alicyclic amines) is 1. The van der Waals surface area contributed by atoms with Crippen molar-refractivity contribution in [2.45, 2.75) is 20.0 Å². The standard InChI is InChI=1S/C17H24N2O4S/c1-11-4-5-13(6-12(11)2)17(20)19-8-15-14(7-18-24(3,21)22)10-23-16(15)9-19/h4-6,14-16,18H,7-10H2,1-3H3/t14-,15-,16-/m1/s1. The zero-order valence-electron chi connectivity index (χ0n) is 14.3. The van der Waals surface area contributed by atoms with Crippen molar-refractivity contribution in [3.8, 4) is 0 Å². The third-order valence-corrected chi connectivity index (χ3v) is 5.78. The van der Waals surface area contributed by atoms with Gasteiger partial charge in [0.05, 0.1) is 19.0 Å². The first-order chi connectivity index (χ1) is 11.2. The van der Waals surface area contributed by atoms with Crippen molar-refractivity contribution in [1.29, 1.82) is 0 Å². The van der Waals surface area contributed by atoms with Crippen molar-refractivity contribution in [1.82, 2.24) is 9.62 Å². The second-order valence-corrected chi connectivity index (χ2v) is 8.76. The molecule has 2 saturated heterocycles. The van der Waals surface area contributed by atoms with Gasteiger partial charge in [0, 0.05) is 37.0 Å². The molecule has 1 amide bonds. The summed E-state index contributed by atoms with van der Waals surface area (Å²) < 4.78 is 30.9. The van der Waals surface area contributed by atoms with Crippen molar-refractivity contribution in [3.63, 3.8) is 0 Å². The van der Waals surface area contributed by atoms with E-state index in [1.807, 2.05) is 36.9 Å². The van der Waals surface area contributed by atoms with E-state index < -0.39 is 10.0 Å². The summed E-state index contributed by atoms with van der Waals surface area (Å²) >= 11 is 0. The number of carbonyl (C=O) groups excluding carboxylic acids is 1. The molecule has 0 aromatic heterocycles.